The standard InChI is InChI=1S/C21H28N2O/c1-21(2,3)18-12-10-16(11-13-18)14-17(15-22)20(24)23-19-8-6-4-5-7-9-19/h10-14,19H,4-9H2,1-3H3,(H,23,24). The average molecular weight is 324 g/mol. The lowest BCUT2D eigenvalue weighted by atomic mass is 9.86. The molecule has 1 fully saturated rings. The number of benzene rings is 1. The number of hydrogen-bond donors (Lipinski definition) is 1. The zero-order chi connectivity index (χ0) is 17.6. The first kappa shape index (κ1) is 18.3. The van der Waals surface area contributed by atoms with E-state index < -0.39 is 0 Å². The number of amides is 1. The molecule has 1 aromatic rings. The largest absolute Gasteiger partial charge is 0.349 e. The number of nitrogens with one attached hydrogen (secondary N) is 1. The highest BCUT2D eigenvalue weighted by Crippen LogP contribution is 2.23. The van der Waals surface area contributed by atoms with Crippen LogP contribution in [0.4, 0.5) is 0 Å². The molecule has 24 heavy (non-hydrogen) atoms. The third kappa shape index (κ3) is 5.23. The Labute approximate surface area is 145 Å². The van der Waals surface area contributed by atoms with Crippen molar-refractivity contribution in [2.45, 2.75) is 70.8 Å². The molecule has 1 N–H and O–H groups in total. The number of rotatable bonds is 3. The van der Waals surface area contributed by atoms with Crippen molar-refractivity contribution in [1.29, 1.82) is 5.26 Å². The van der Waals surface area contributed by atoms with Crippen LogP contribution >= 0.6 is 0 Å². The van der Waals surface area contributed by atoms with Crippen LogP contribution in [0.25, 0.3) is 6.08 Å². The third-order valence-corrected chi connectivity index (χ3v) is 4.64. The molecule has 0 bridgehead atoms. The average Bonchev–Trinajstić information content (AvgIpc) is 2.80. The summed E-state index contributed by atoms with van der Waals surface area (Å²) in [5, 5.41) is 12.4. The van der Waals surface area contributed by atoms with Crippen molar-refractivity contribution in [2.24, 2.45) is 0 Å². The van der Waals surface area contributed by atoms with Crippen LogP contribution in [-0.2, 0) is 10.2 Å². The van der Waals surface area contributed by atoms with Crippen molar-refractivity contribution in [3.8, 4) is 6.07 Å². The quantitative estimate of drug-likeness (QED) is 0.496. The van der Waals surface area contributed by atoms with Crippen molar-refractivity contribution < 1.29 is 4.79 Å². The first-order chi connectivity index (χ1) is 11.4. The summed E-state index contributed by atoms with van der Waals surface area (Å²) in [5.41, 5.74) is 2.40. The highest BCUT2D eigenvalue weighted by Gasteiger charge is 2.17. The predicted molar refractivity (Wildman–Crippen MR) is 98.4 cm³/mol. The van der Waals surface area contributed by atoms with E-state index in [1.807, 2.05) is 18.2 Å². The van der Waals surface area contributed by atoms with Gasteiger partial charge in [0.25, 0.3) is 5.91 Å². The van der Waals surface area contributed by atoms with Gasteiger partial charge < -0.3 is 5.32 Å². The summed E-state index contributed by atoms with van der Waals surface area (Å²) in [6, 6.07) is 10.3. The molecule has 3 heteroatoms. The van der Waals surface area contributed by atoms with E-state index in [-0.39, 0.29) is 22.9 Å². The predicted octanol–water partition coefficient (Wildman–Crippen LogP) is 4.73. The molecule has 0 heterocycles. The Morgan fingerprint density at radius 2 is 1.71 bits per heavy atom. The Hall–Kier alpha value is -2.08. The summed E-state index contributed by atoms with van der Waals surface area (Å²) in [4.78, 5) is 12.4. The molecule has 1 saturated carbocycles. The van der Waals surface area contributed by atoms with Gasteiger partial charge in [0.2, 0.25) is 0 Å². The third-order valence-electron chi connectivity index (χ3n) is 4.64. The van der Waals surface area contributed by atoms with Gasteiger partial charge in [-0.25, -0.2) is 0 Å². The van der Waals surface area contributed by atoms with Crippen LogP contribution in [0.15, 0.2) is 29.8 Å². The van der Waals surface area contributed by atoms with Gasteiger partial charge in [-0.3, -0.25) is 4.79 Å². The normalized spacial score (nSPS) is 17.0. The molecule has 0 unspecified atom stereocenters. The molecule has 0 atom stereocenters. The van der Waals surface area contributed by atoms with Gasteiger partial charge in [-0.15, -0.1) is 0 Å². The second-order valence-electron chi connectivity index (χ2n) is 7.70. The molecule has 1 aliphatic rings. The van der Waals surface area contributed by atoms with Gasteiger partial charge in [0, 0.05) is 6.04 Å². The maximum Gasteiger partial charge on any atom is 0.262 e. The summed E-state index contributed by atoms with van der Waals surface area (Å²) in [6.07, 6.45) is 8.52. The molecule has 0 radical (unpaired) electrons. The molecular formula is C21H28N2O. The molecule has 1 amide bonds. The maximum absolute atomic E-state index is 12.4. The molecule has 0 aliphatic heterocycles. The summed E-state index contributed by atoms with van der Waals surface area (Å²) >= 11 is 0. The Morgan fingerprint density at radius 1 is 1.12 bits per heavy atom. The van der Waals surface area contributed by atoms with Gasteiger partial charge in [0.1, 0.15) is 11.6 Å². The molecule has 0 aromatic heterocycles. The maximum atomic E-state index is 12.4. The highest BCUT2D eigenvalue weighted by molar-refractivity contribution is 6.01. The van der Waals surface area contributed by atoms with Gasteiger partial charge in [-0.1, -0.05) is 70.7 Å². The monoisotopic (exact) mass is 324 g/mol. The van der Waals surface area contributed by atoms with Gasteiger partial charge >= 0.3 is 0 Å². The Morgan fingerprint density at radius 3 is 2.21 bits per heavy atom. The Kier molecular flexibility index (Phi) is 6.20. The number of hydrogen-bond acceptors (Lipinski definition) is 2. The van der Waals surface area contributed by atoms with Crippen molar-refractivity contribution >= 4 is 12.0 Å². The van der Waals surface area contributed by atoms with Crippen LogP contribution in [-0.4, -0.2) is 11.9 Å². The molecule has 0 spiro atoms. The van der Waals surface area contributed by atoms with Crippen molar-refractivity contribution in [2.75, 3.05) is 0 Å². The zero-order valence-electron chi connectivity index (χ0n) is 15.1. The summed E-state index contributed by atoms with van der Waals surface area (Å²) in [6.45, 7) is 6.50. The van der Waals surface area contributed by atoms with E-state index in [9.17, 15) is 10.1 Å². The van der Waals surface area contributed by atoms with Crippen LogP contribution in [0.3, 0.4) is 0 Å². The van der Waals surface area contributed by atoms with Gasteiger partial charge in [0.15, 0.2) is 0 Å². The molecular weight excluding hydrogens is 296 g/mol. The fourth-order valence-electron chi connectivity index (χ4n) is 3.08. The zero-order valence-corrected chi connectivity index (χ0v) is 15.1. The lowest BCUT2D eigenvalue weighted by Gasteiger charge is -2.19. The van der Waals surface area contributed by atoms with E-state index in [1.165, 1.54) is 18.4 Å². The first-order valence-corrected chi connectivity index (χ1v) is 8.93. The SMILES string of the molecule is CC(C)(C)c1ccc(C=C(C#N)C(=O)NC2CCCCCC2)cc1. The van der Waals surface area contributed by atoms with Crippen LogP contribution in [0.5, 0.6) is 0 Å². The second kappa shape index (κ2) is 8.15. The minimum atomic E-state index is -0.246. The summed E-state index contributed by atoms with van der Waals surface area (Å²) in [5.74, 6) is -0.246. The smallest absolute Gasteiger partial charge is 0.262 e. The molecule has 3 nitrogen and oxygen atoms in total. The van der Waals surface area contributed by atoms with Crippen LogP contribution < -0.4 is 5.32 Å². The van der Waals surface area contributed by atoms with Gasteiger partial charge in [0.05, 0.1) is 0 Å². The fourth-order valence-corrected chi connectivity index (χ4v) is 3.08. The van der Waals surface area contributed by atoms with Crippen molar-refractivity contribution in [1.82, 2.24) is 5.32 Å². The number of carbonyl (C=O) groups excluding carboxylic acids is 1. The molecule has 2 rings (SSSR count). The Bertz CT molecular complexity index is 621. The first-order valence-electron chi connectivity index (χ1n) is 8.93. The highest BCUT2D eigenvalue weighted by atomic mass is 16.1. The van der Waals surface area contributed by atoms with Gasteiger partial charge in [-0.2, -0.15) is 5.26 Å². The van der Waals surface area contributed by atoms with E-state index in [1.54, 1.807) is 6.08 Å². The minimum Gasteiger partial charge on any atom is -0.349 e. The van der Waals surface area contributed by atoms with Crippen LogP contribution in [0.1, 0.15) is 70.4 Å². The summed E-state index contributed by atoms with van der Waals surface area (Å²) < 4.78 is 0. The van der Waals surface area contributed by atoms with Crippen LogP contribution in [0, 0.1) is 11.3 Å². The molecule has 1 aromatic carbocycles. The van der Waals surface area contributed by atoms with Crippen LogP contribution in [0.2, 0.25) is 0 Å². The van der Waals surface area contributed by atoms with Gasteiger partial charge in [-0.05, 0) is 35.5 Å². The molecule has 0 saturated heterocycles. The minimum absolute atomic E-state index is 0.0944. The second-order valence-corrected chi connectivity index (χ2v) is 7.70. The van der Waals surface area contributed by atoms with Crippen molar-refractivity contribution in [3.63, 3.8) is 0 Å². The van der Waals surface area contributed by atoms with Crippen molar-refractivity contribution in [3.05, 3.63) is 41.0 Å². The molecule has 1 aliphatic carbocycles. The summed E-state index contributed by atoms with van der Waals surface area (Å²) in [7, 11) is 0. The number of nitriles is 1. The van der Waals surface area contributed by atoms with E-state index >= 15 is 0 Å². The van der Waals surface area contributed by atoms with E-state index in [2.05, 4.69) is 38.2 Å². The lowest BCUT2D eigenvalue weighted by molar-refractivity contribution is -0.117. The van der Waals surface area contributed by atoms with E-state index in [4.69, 9.17) is 0 Å². The number of carbonyl (C=O) groups is 1. The fraction of sp³-hybridized carbons (Fsp3) is 0.524. The van der Waals surface area contributed by atoms with E-state index in [0.29, 0.717) is 0 Å². The Balaban J connectivity index is 2.07. The lowest BCUT2D eigenvalue weighted by Crippen LogP contribution is -2.35. The topological polar surface area (TPSA) is 52.9 Å². The number of nitrogens with zero attached hydrogens (tertiary/aromatic N) is 1. The van der Waals surface area contributed by atoms with E-state index in [0.717, 1.165) is 31.2 Å². The molecule has 128 valence electrons.